The van der Waals surface area contributed by atoms with Crippen LogP contribution in [0.15, 0.2) is 41.2 Å². The second-order valence-corrected chi connectivity index (χ2v) is 8.44. The minimum Gasteiger partial charge on any atom is -0.299 e. The molecule has 1 aromatic heterocycles. The Labute approximate surface area is 192 Å². The van der Waals surface area contributed by atoms with Gasteiger partial charge >= 0.3 is 0 Å². The van der Waals surface area contributed by atoms with Gasteiger partial charge in [0.1, 0.15) is 17.3 Å². The van der Waals surface area contributed by atoms with Crippen molar-refractivity contribution in [2.75, 3.05) is 0 Å². The number of fused-ring (bicyclic) bond motifs is 1. The van der Waals surface area contributed by atoms with E-state index in [1.54, 1.807) is 36.4 Å². The first kappa shape index (κ1) is 22.1. The number of imide groups is 1. The Kier molecular flexibility index (Phi) is 6.34. The molecule has 1 fully saturated rings. The van der Waals surface area contributed by atoms with Crippen LogP contribution in [0.1, 0.15) is 36.4 Å². The third-order valence-electron chi connectivity index (χ3n) is 5.33. The number of carbonyl (C=O) groups is 3. The smallest absolute Gasteiger partial charge is 0.278 e. The largest absolute Gasteiger partial charge is 0.299 e. The number of nitrogens with one attached hydrogen (secondary N) is 1. The Morgan fingerprint density at radius 3 is 2.59 bits per heavy atom. The molecule has 8 nitrogen and oxygen atoms in total. The van der Waals surface area contributed by atoms with E-state index >= 15 is 0 Å². The molecular weight excluding hydrogens is 455 g/mol. The molecule has 4 rings (SSSR count). The van der Waals surface area contributed by atoms with Gasteiger partial charge in [0.15, 0.2) is 0 Å². The van der Waals surface area contributed by atoms with Crippen molar-refractivity contribution in [3.05, 3.63) is 67.9 Å². The number of carbonyl (C=O) groups excluding carboxylic acids is 3. The van der Waals surface area contributed by atoms with Gasteiger partial charge in [0, 0.05) is 19.3 Å². The van der Waals surface area contributed by atoms with Gasteiger partial charge in [0.05, 0.1) is 15.4 Å². The number of nitrogens with zero attached hydrogens (tertiary/aromatic N) is 3. The number of aryl methyl sites for hydroxylation is 1. The van der Waals surface area contributed by atoms with E-state index < -0.39 is 17.5 Å². The molecule has 0 radical (unpaired) electrons. The third kappa shape index (κ3) is 4.71. The van der Waals surface area contributed by atoms with Gasteiger partial charge in [0.25, 0.3) is 11.5 Å². The van der Waals surface area contributed by atoms with Gasteiger partial charge in [0.2, 0.25) is 5.91 Å². The summed E-state index contributed by atoms with van der Waals surface area (Å²) in [6.07, 6.45) is 1.38. The fourth-order valence-electron chi connectivity index (χ4n) is 3.63. The number of amides is 2. The number of benzene rings is 2. The van der Waals surface area contributed by atoms with Crippen LogP contribution < -0.4 is 10.9 Å². The lowest BCUT2D eigenvalue weighted by atomic mass is 10.0. The van der Waals surface area contributed by atoms with Crippen LogP contribution in [-0.4, -0.2) is 32.6 Å². The van der Waals surface area contributed by atoms with Gasteiger partial charge in [-0.15, -0.1) is 5.10 Å². The molecule has 1 atom stereocenters. The van der Waals surface area contributed by atoms with Gasteiger partial charge in [-0.25, -0.2) is 0 Å². The molecule has 1 unspecified atom stereocenters. The number of piperidine rings is 1. The van der Waals surface area contributed by atoms with Crippen molar-refractivity contribution in [3.8, 4) is 0 Å². The van der Waals surface area contributed by atoms with Crippen molar-refractivity contribution in [2.45, 2.75) is 38.1 Å². The number of halogens is 2. The van der Waals surface area contributed by atoms with Crippen molar-refractivity contribution in [1.82, 2.24) is 20.3 Å². The average Bonchev–Trinajstić information content (AvgIpc) is 2.76. The predicted octanol–water partition coefficient (Wildman–Crippen LogP) is 2.82. The molecule has 0 aliphatic carbocycles. The molecule has 1 aliphatic heterocycles. The first-order chi connectivity index (χ1) is 15.3. The number of Topliss-reactive ketones (excluding diaryl/α,β-unsaturated/α-hetero) is 1. The molecule has 0 saturated carbocycles. The van der Waals surface area contributed by atoms with Crippen LogP contribution in [0.4, 0.5) is 0 Å². The van der Waals surface area contributed by atoms with E-state index in [1.807, 2.05) is 0 Å². The van der Waals surface area contributed by atoms with E-state index in [-0.39, 0.29) is 31.0 Å². The Morgan fingerprint density at radius 1 is 1.06 bits per heavy atom. The highest BCUT2D eigenvalue weighted by Crippen LogP contribution is 2.23. The summed E-state index contributed by atoms with van der Waals surface area (Å²) < 4.78 is 1.02. The van der Waals surface area contributed by atoms with Crippen molar-refractivity contribution in [2.24, 2.45) is 0 Å². The normalized spacial score (nSPS) is 16.2. The zero-order valence-electron chi connectivity index (χ0n) is 16.8. The van der Waals surface area contributed by atoms with E-state index in [0.29, 0.717) is 33.8 Å². The van der Waals surface area contributed by atoms with Crippen molar-refractivity contribution < 1.29 is 14.4 Å². The highest BCUT2D eigenvalue weighted by atomic mass is 35.5. The minimum atomic E-state index is -0.865. The maximum absolute atomic E-state index is 12.8. The van der Waals surface area contributed by atoms with Crippen LogP contribution in [0, 0.1) is 0 Å². The molecule has 1 N–H and O–H groups in total. The van der Waals surface area contributed by atoms with Crippen LogP contribution in [0.5, 0.6) is 0 Å². The fraction of sp³-hybridized carbons (Fsp3) is 0.273. The molecule has 1 aliphatic rings. The summed E-state index contributed by atoms with van der Waals surface area (Å²) in [6.45, 7) is 0. The van der Waals surface area contributed by atoms with Gasteiger partial charge in [-0.3, -0.25) is 24.5 Å². The van der Waals surface area contributed by atoms with Crippen LogP contribution in [-0.2, 0) is 27.2 Å². The molecule has 2 aromatic carbocycles. The third-order valence-corrected chi connectivity index (χ3v) is 6.07. The molecule has 2 amide bonds. The van der Waals surface area contributed by atoms with Gasteiger partial charge < -0.3 is 0 Å². The van der Waals surface area contributed by atoms with Crippen molar-refractivity contribution >= 4 is 51.7 Å². The predicted molar refractivity (Wildman–Crippen MR) is 119 cm³/mol. The molecule has 32 heavy (non-hydrogen) atoms. The summed E-state index contributed by atoms with van der Waals surface area (Å²) in [5.74, 6) is -0.886. The van der Waals surface area contributed by atoms with E-state index in [4.69, 9.17) is 23.2 Å². The van der Waals surface area contributed by atoms with Gasteiger partial charge in [-0.1, -0.05) is 40.5 Å². The van der Waals surface area contributed by atoms with Gasteiger partial charge in [-0.2, -0.15) is 4.68 Å². The van der Waals surface area contributed by atoms with E-state index in [1.165, 1.54) is 0 Å². The second kappa shape index (κ2) is 9.18. The molecule has 10 heteroatoms. The summed E-state index contributed by atoms with van der Waals surface area (Å²) in [6, 6.07) is 9.34. The second-order valence-electron chi connectivity index (χ2n) is 7.62. The number of ketones is 1. The maximum atomic E-state index is 12.8. The highest BCUT2D eigenvalue weighted by Gasteiger charge is 2.30. The molecule has 0 spiro atoms. The van der Waals surface area contributed by atoms with Crippen molar-refractivity contribution in [1.29, 1.82) is 0 Å². The molecule has 3 aromatic rings. The number of hydrogen-bond donors (Lipinski definition) is 1. The summed E-state index contributed by atoms with van der Waals surface area (Å²) in [4.78, 5) is 48.6. The molecule has 1 saturated heterocycles. The summed E-state index contributed by atoms with van der Waals surface area (Å²) in [5.41, 5.74) is 1.56. The zero-order valence-corrected chi connectivity index (χ0v) is 18.3. The SMILES string of the molecule is O=C(CCc1ccc2c(=O)n(C3CCC(=O)NC3=O)nnc2c1)Cc1ccc(Cl)c(Cl)c1. The fourth-order valence-corrected chi connectivity index (χ4v) is 3.95. The van der Waals surface area contributed by atoms with E-state index in [2.05, 4.69) is 15.6 Å². The zero-order chi connectivity index (χ0) is 22.8. The van der Waals surface area contributed by atoms with Gasteiger partial charge in [-0.05, 0) is 48.2 Å². The first-order valence-electron chi connectivity index (χ1n) is 9.99. The van der Waals surface area contributed by atoms with E-state index in [9.17, 15) is 19.2 Å². The standard InChI is InChI=1S/C22H18Cl2N4O4/c23-16-6-3-13(10-17(16)24)9-14(29)4-1-12-2-5-15-18(11-12)26-27-28(22(15)32)19-7-8-20(30)25-21(19)31/h2-3,5-6,10-11,19H,1,4,7-9H2,(H,25,30,31). The summed E-state index contributed by atoms with van der Waals surface area (Å²) in [5, 5.41) is 11.4. The van der Waals surface area contributed by atoms with Crippen LogP contribution >= 0.6 is 23.2 Å². The Balaban J connectivity index is 1.46. The van der Waals surface area contributed by atoms with Crippen LogP contribution in [0.3, 0.4) is 0 Å². The van der Waals surface area contributed by atoms with E-state index in [0.717, 1.165) is 15.8 Å². The lowest BCUT2D eigenvalue weighted by Crippen LogP contribution is -2.45. The van der Waals surface area contributed by atoms with Crippen LogP contribution in [0.25, 0.3) is 10.9 Å². The quantitative estimate of drug-likeness (QED) is 0.552. The van der Waals surface area contributed by atoms with Crippen LogP contribution in [0.2, 0.25) is 10.0 Å². The molecule has 0 bridgehead atoms. The first-order valence-corrected chi connectivity index (χ1v) is 10.7. The summed E-state index contributed by atoms with van der Waals surface area (Å²) >= 11 is 11.9. The monoisotopic (exact) mass is 472 g/mol. The molecule has 2 heterocycles. The Hall–Kier alpha value is -3.10. The maximum Gasteiger partial charge on any atom is 0.278 e. The van der Waals surface area contributed by atoms with Crippen molar-refractivity contribution in [3.63, 3.8) is 0 Å². The summed E-state index contributed by atoms with van der Waals surface area (Å²) in [7, 11) is 0. The molecular formula is C22H18Cl2N4O4. The molecule has 164 valence electrons. The Morgan fingerprint density at radius 2 is 1.84 bits per heavy atom. The number of rotatable bonds is 6. The number of aromatic nitrogens is 3. The lowest BCUT2D eigenvalue weighted by molar-refractivity contribution is -0.136. The Bertz CT molecular complexity index is 1300. The lowest BCUT2D eigenvalue weighted by Gasteiger charge is -2.21. The number of hydrogen-bond acceptors (Lipinski definition) is 6. The highest BCUT2D eigenvalue weighted by molar-refractivity contribution is 6.42. The topological polar surface area (TPSA) is 111 Å². The minimum absolute atomic E-state index is 0.0443. The average molecular weight is 473 g/mol.